The average molecular weight is 320 g/mol. The Labute approximate surface area is 135 Å². The quantitative estimate of drug-likeness (QED) is 0.784. The molecule has 2 rings (SSSR count). The van der Waals surface area contributed by atoms with E-state index in [0.29, 0.717) is 6.54 Å². The number of amides is 1. The monoisotopic (exact) mass is 320 g/mol. The van der Waals surface area contributed by atoms with Crippen molar-refractivity contribution in [3.63, 3.8) is 0 Å². The van der Waals surface area contributed by atoms with Crippen LogP contribution in [0.1, 0.15) is 31.7 Å². The van der Waals surface area contributed by atoms with Crippen LogP contribution in [0.2, 0.25) is 0 Å². The van der Waals surface area contributed by atoms with Gasteiger partial charge in [0.1, 0.15) is 0 Å². The maximum Gasteiger partial charge on any atom is 0.236 e. The van der Waals surface area contributed by atoms with Gasteiger partial charge in [-0.2, -0.15) is 5.10 Å². The Kier molecular flexibility index (Phi) is 6.15. The Morgan fingerprint density at radius 3 is 2.82 bits per heavy atom. The van der Waals surface area contributed by atoms with Gasteiger partial charge in [0, 0.05) is 29.9 Å². The third kappa shape index (κ3) is 4.68. The van der Waals surface area contributed by atoms with E-state index in [9.17, 15) is 4.79 Å². The van der Waals surface area contributed by atoms with Crippen molar-refractivity contribution in [2.24, 2.45) is 0 Å². The molecular formula is C16H24N4OS. The number of carbonyl (C=O) groups excluding carboxylic acids is 1. The molecule has 3 atom stereocenters. The molecule has 0 aromatic carbocycles. The highest BCUT2D eigenvalue weighted by Gasteiger charge is 2.20. The third-order valence-electron chi connectivity index (χ3n) is 3.82. The Hall–Kier alpha value is -1.66. The summed E-state index contributed by atoms with van der Waals surface area (Å²) in [6.45, 7) is 6.73. The molecule has 22 heavy (non-hydrogen) atoms. The number of carbonyl (C=O) groups is 1. The Morgan fingerprint density at radius 1 is 1.36 bits per heavy atom. The zero-order valence-electron chi connectivity index (χ0n) is 13.3. The molecule has 0 aliphatic carbocycles. The molecule has 0 saturated carbocycles. The van der Waals surface area contributed by atoms with E-state index in [4.69, 9.17) is 0 Å². The highest BCUT2D eigenvalue weighted by atomic mass is 32.1. The summed E-state index contributed by atoms with van der Waals surface area (Å²) in [5, 5.41) is 12.6. The zero-order valence-corrected chi connectivity index (χ0v) is 14.1. The fraction of sp³-hybridized carbons (Fsp3) is 0.500. The maximum atomic E-state index is 12.1. The summed E-state index contributed by atoms with van der Waals surface area (Å²) in [6, 6.07) is 6.14. The van der Waals surface area contributed by atoms with E-state index in [1.807, 2.05) is 29.9 Å². The van der Waals surface area contributed by atoms with Gasteiger partial charge < -0.3 is 10.6 Å². The van der Waals surface area contributed by atoms with Crippen molar-refractivity contribution in [1.82, 2.24) is 20.4 Å². The number of nitrogens with zero attached hydrogens (tertiary/aromatic N) is 2. The molecule has 1 amide bonds. The van der Waals surface area contributed by atoms with Gasteiger partial charge in [-0.05, 0) is 44.7 Å². The lowest BCUT2D eigenvalue weighted by molar-refractivity contribution is -0.122. The summed E-state index contributed by atoms with van der Waals surface area (Å²) >= 11 is 1.72. The number of hydrogen-bond donors (Lipinski definition) is 2. The maximum absolute atomic E-state index is 12.1. The SMILES string of the molecule is C[C@H](N[C@H](C)[C@@H](C)n1cccn1)C(=O)NCCc1cccs1. The van der Waals surface area contributed by atoms with Crippen molar-refractivity contribution < 1.29 is 4.79 Å². The molecule has 2 heterocycles. The van der Waals surface area contributed by atoms with Crippen molar-refractivity contribution in [2.45, 2.75) is 45.3 Å². The fourth-order valence-corrected chi connectivity index (χ4v) is 2.99. The number of thiophene rings is 1. The van der Waals surface area contributed by atoms with Crippen molar-refractivity contribution in [1.29, 1.82) is 0 Å². The van der Waals surface area contributed by atoms with Crippen LogP contribution in [0.3, 0.4) is 0 Å². The first-order chi connectivity index (χ1) is 10.6. The Morgan fingerprint density at radius 2 is 2.18 bits per heavy atom. The van der Waals surface area contributed by atoms with Crippen LogP contribution in [0.25, 0.3) is 0 Å². The van der Waals surface area contributed by atoms with Crippen molar-refractivity contribution in [2.75, 3.05) is 6.54 Å². The van der Waals surface area contributed by atoms with Gasteiger partial charge in [-0.1, -0.05) is 6.07 Å². The van der Waals surface area contributed by atoms with E-state index in [2.05, 4.69) is 41.0 Å². The molecule has 0 spiro atoms. The molecule has 0 aliphatic heterocycles. The van der Waals surface area contributed by atoms with Gasteiger partial charge in [-0.3, -0.25) is 9.48 Å². The van der Waals surface area contributed by atoms with Crippen LogP contribution >= 0.6 is 11.3 Å². The first kappa shape index (κ1) is 16.7. The van der Waals surface area contributed by atoms with E-state index in [1.54, 1.807) is 17.5 Å². The number of hydrogen-bond acceptors (Lipinski definition) is 4. The first-order valence-corrected chi connectivity index (χ1v) is 8.51. The van der Waals surface area contributed by atoms with Gasteiger partial charge in [0.05, 0.1) is 12.1 Å². The van der Waals surface area contributed by atoms with E-state index < -0.39 is 0 Å². The highest BCUT2D eigenvalue weighted by Crippen LogP contribution is 2.10. The highest BCUT2D eigenvalue weighted by molar-refractivity contribution is 7.09. The van der Waals surface area contributed by atoms with Crippen LogP contribution in [-0.2, 0) is 11.2 Å². The van der Waals surface area contributed by atoms with E-state index in [0.717, 1.165) is 6.42 Å². The molecule has 0 saturated heterocycles. The zero-order chi connectivity index (χ0) is 15.9. The van der Waals surface area contributed by atoms with Crippen LogP contribution in [0.5, 0.6) is 0 Å². The van der Waals surface area contributed by atoms with Crippen LogP contribution in [-0.4, -0.2) is 34.3 Å². The van der Waals surface area contributed by atoms with Crippen LogP contribution in [0.15, 0.2) is 36.0 Å². The van der Waals surface area contributed by atoms with Gasteiger partial charge in [-0.15, -0.1) is 11.3 Å². The normalized spacial score (nSPS) is 15.2. The average Bonchev–Trinajstić information content (AvgIpc) is 3.19. The summed E-state index contributed by atoms with van der Waals surface area (Å²) in [5.41, 5.74) is 0. The Balaban J connectivity index is 1.73. The standard InChI is InChI=1S/C16H24N4OS/c1-12(14(3)20-10-5-8-18-20)19-13(2)16(21)17-9-7-15-6-4-11-22-15/h4-6,8,10-14,19H,7,9H2,1-3H3,(H,17,21)/t12-,13+,14-/m1/s1. The van der Waals surface area contributed by atoms with Gasteiger partial charge in [0.2, 0.25) is 5.91 Å². The van der Waals surface area contributed by atoms with Crippen LogP contribution in [0.4, 0.5) is 0 Å². The van der Waals surface area contributed by atoms with Crippen LogP contribution in [0, 0.1) is 0 Å². The van der Waals surface area contributed by atoms with Crippen LogP contribution < -0.4 is 10.6 Å². The van der Waals surface area contributed by atoms with E-state index in [1.165, 1.54) is 4.88 Å². The van der Waals surface area contributed by atoms with E-state index in [-0.39, 0.29) is 24.0 Å². The van der Waals surface area contributed by atoms with E-state index >= 15 is 0 Å². The molecule has 2 aromatic heterocycles. The number of nitrogens with one attached hydrogen (secondary N) is 2. The molecule has 120 valence electrons. The Bertz CT molecular complexity index is 553. The summed E-state index contributed by atoms with van der Waals surface area (Å²) in [4.78, 5) is 13.4. The minimum Gasteiger partial charge on any atom is -0.354 e. The number of aromatic nitrogens is 2. The van der Waals surface area contributed by atoms with Gasteiger partial charge >= 0.3 is 0 Å². The summed E-state index contributed by atoms with van der Waals surface area (Å²) in [5.74, 6) is 0.0380. The molecular weight excluding hydrogens is 296 g/mol. The summed E-state index contributed by atoms with van der Waals surface area (Å²) < 4.78 is 1.90. The molecule has 2 aromatic rings. The minimum absolute atomic E-state index is 0.0380. The van der Waals surface area contributed by atoms with Gasteiger partial charge in [0.25, 0.3) is 0 Å². The summed E-state index contributed by atoms with van der Waals surface area (Å²) in [6.07, 6.45) is 4.59. The largest absolute Gasteiger partial charge is 0.354 e. The predicted molar refractivity (Wildman–Crippen MR) is 90.0 cm³/mol. The number of rotatable bonds is 8. The molecule has 0 radical (unpaired) electrons. The lowest BCUT2D eigenvalue weighted by atomic mass is 10.1. The van der Waals surface area contributed by atoms with Crippen molar-refractivity contribution in [3.8, 4) is 0 Å². The lowest BCUT2D eigenvalue weighted by Crippen LogP contribution is -2.48. The van der Waals surface area contributed by atoms with Crippen molar-refractivity contribution >= 4 is 17.2 Å². The third-order valence-corrected chi connectivity index (χ3v) is 4.76. The fourth-order valence-electron chi connectivity index (χ4n) is 2.28. The second-order valence-corrected chi connectivity index (χ2v) is 6.56. The molecule has 0 bridgehead atoms. The lowest BCUT2D eigenvalue weighted by Gasteiger charge is -2.25. The molecule has 0 fully saturated rings. The molecule has 6 heteroatoms. The molecule has 0 aliphatic rings. The molecule has 0 unspecified atom stereocenters. The predicted octanol–water partition coefficient (Wildman–Crippen LogP) is 2.23. The van der Waals surface area contributed by atoms with Gasteiger partial charge in [0.15, 0.2) is 0 Å². The minimum atomic E-state index is -0.226. The van der Waals surface area contributed by atoms with Crippen molar-refractivity contribution in [3.05, 3.63) is 40.8 Å². The second-order valence-electron chi connectivity index (χ2n) is 5.52. The molecule has 5 nitrogen and oxygen atoms in total. The topological polar surface area (TPSA) is 59.0 Å². The molecule has 2 N–H and O–H groups in total. The van der Waals surface area contributed by atoms with Gasteiger partial charge in [-0.25, -0.2) is 0 Å². The first-order valence-electron chi connectivity index (χ1n) is 7.63. The second kappa shape index (κ2) is 8.10. The smallest absolute Gasteiger partial charge is 0.236 e. The summed E-state index contributed by atoms with van der Waals surface area (Å²) in [7, 11) is 0.